The lowest BCUT2D eigenvalue weighted by molar-refractivity contribution is -0.137. The van der Waals surface area contributed by atoms with Gasteiger partial charge in [0.05, 0.1) is 11.1 Å². The van der Waals surface area contributed by atoms with E-state index in [1.165, 1.54) is 12.1 Å². The number of anilines is 1. The summed E-state index contributed by atoms with van der Waals surface area (Å²) in [6.45, 7) is 0. The van der Waals surface area contributed by atoms with Gasteiger partial charge in [0, 0.05) is 18.0 Å². The first-order chi connectivity index (χ1) is 11.9. The van der Waals surface area contributed by atoms with Gasteiger partial charge in [0.25, 0.3) is 0 Å². The van der Waals surface area contributed by atoms with Gasteiger partial charge in [-0.05, 0) is 30.5 Å². The molecular formula is C16H16F3N5O. The number of alkyl halides is 3. The maximum atomic E-state index is 12.9. The van der Waals surface area contributed by atoms with Crippen LogP contribution in [0.15, 0.2) is 36.7 Å². The van der Waals surface area contributed by atoms with E-state index in [2.05, 4.69) is 20.7 Å². The number of hydrazine groups is 1. The van der Waals surface area contributed by atoms with Crippen molar-refractivity contribution in [2.24, 2.45) is 5.84 Å². The number of ether oxygens (including phenoxy) is 1. The summed E-state index contributed by atoms with van der Waals surface area (Å²) in [6, 6.07) is 5.37. The molecular weight excluding hydrogens is 335 g/mol. The van der Waals surface area contributed by atoms with Gasteiger partial charge >= 0.3 is 6.18 Å². The molecule has 0 radical (unpaired) electrons. The molecule has 1 saturated carbocycles. The Balaban J connectivity index is 1.51. The highest BCUT2D eigenvalue weighted by atomic mass is 19.4. The Morgan fingerprint density at radius 2 is 1.92 bits per heavy atom. The van der Waals surface area contributed by atoms with Crippen LogP contribution in [0.5, 0.6) is 0 Å². The van der Waals surface area contributed by atoms with Gasteiger partial charge in [0.1, 0.15) is 6.10 Å². The minimum absolute atomic E-state index is 0.169. The zero-order valence-electron chi connectivity index (χ0n) is 13.0. The van der Waals surface area contributed by atoms with Crippen molar-refractivity contribution in [2.75, 3.05) is 5.32 Å². The smallest absolute Gasteiger partial charge is 0.347 e. The lowest BCUT2D eigenvalue weighted by Gasteiger charge is -2.19. The summed E-state index contributed by atoms with van der Waals surface area (Å²) in [5.41, 5.74) is 2.69. The molecule has 1 aromatic carbocycles. The summed E-state index contributed by atoms with van der Waals surface area (Å²) in [6.07, 6.45) is -0.0600. The van der Waals surface area contributed by atoms with Crippen molar-refractivity contribution in [3.63, 3.8) is 0 Å². The molecule has 4 rings (SSSR count). The van der Waals surface area contributed by atoms with Gasteiger partial charge < -0.3 is 10.1 Å². The molecule has 2 aromatic rings. The second-order valence-corrected chi connectivity index (χ2v) is 6.27. The van der Waals surface area contributed by atoms with E-state index >= 15 is 0 Å². The van der Waals surface area contributed by atoms with E-state index in [1.54, 1.807) is 18.5 Å². The molecule has 1 aliphatic carbocycles. The van der Waals surface area contributed by atoms with Crippen LogP contribution in [0.2, 0.25) is 0 Å². The SMILES string of the molecule is NNC1OC1c1cnc(NC2(c3cccc(C(F)(F)F)c3)CC2)nc1. The van der Waals surface area contributed by atoms with E-state index in [9.17, 15) is 13.2 Å². The van der Waals surface area contributed by atoms with Gasteiger partial charge in [-0.3, -0.25) is 5.84 Å². The van der Waals surface area contributed by atoms with Gasteiger partial charge in [-0.2, -0.15) is 13.2 Å². The van der Waals surface area contributed by atoms with Gasteiger partial charge in [0.2, 0.25) is 5.95 Å². The minimum Gasteiger partial charge on any atom is -0.347 e. The topological polar surface area (TPSA) is 88.4 Å². The molecule has 2 aliphatic rings. The van der Waals surface area contributed by atoms with Gasteiger partial charge in [-0.25, -0.2) is 15.4 Å². The lowest BCUT2D eigenvalue weighted by atomic mass is 10.0. The summed E-state index contributed by atoms with van der Waals surface area (Å²) < 4.78 is 44.0. The highest BCUT2D eigenvalue weighted by Gasteiger charge is 2.46. The fraction of sp³-hybridized carbons (Fsp3) is 0.375. The number of rotatable bonds is 5. The van der Waals surface area contributed by atoms with Crippen molar-refractivity contribution in [1.82, 2.24) is 15.4 Å². The first-order valence-electron chi connectivity index (χ1n) is 7.81. The van der Waals surface area contributed by atoms with Crippen LogP contribution in [0, 0.1) is 0 Å². The van der Waals surface area contributed by atoms with Crippen LogP contribution in [0.25, 0.3) is 0 Å². The molecule has 25 heavy (non-hydrogen) atoms. The Morgan fingerprint density at radius 3 is 2.48 bits per heavy atom. The van der Waals surface area contributed by atoms with Crippen molar-refractivity contribution in [2.45, 2.75) is 36.9 Å². The van der Waals surface area contributed by atoms with Crippen LogP contribution in [-0.2, 0) is 16.5 Å². The summed E-state index contributed by atoms with van der Waals surface area (Å²) in [4.78, 5) is 8.48. The largest absolute Gasteiger partial charge is 0.416 e. The molecule has 2 fully saturated rings. The molecule has 1 aliphatic heterocycles. The highest BCUT2D eigenvalue weighted by Crippen LogP contribution is 2.48. The Morgan fingerprint density at radius 1 is 1.20 bits per heavy atom. The summed E-state index contributed by atoms with van der Waals surface area (Å²) in [5, 5.41) is 3.17. The second kappa shape index (κ2) is 5.65. The molecule has 2 atom stereocenters. The summed E-state index contributed by atoms with van der Waals surface area (Å²) >= 11 is 0. The first kappa shape index (κ1) is 16.2. The fourth-order valence-corrected chi connectivity index (χ4v) is 2.86. The van der Waals surface area contributed by atoms with Gasteiger partial charge in [-0.1, -0.05) is 12.1 Å². The van der Waals surface area contributed by atoms with Crippen LogP contribution in [0.4, 0.5) is 19.1 Å². The van der Waals surface area contributed by atoms with Crippen molar-refractivity contribution in [1.29, 1.82) is 0 Å². The molecule has 132 valence electrons. The first-order valence-corrected chi connectivity index (χ1v) is 7.81. The monoisotopic (exact) mass is 351 g/mol. The molecule has 9 heteroatoms. The Labute approximate surface area is 141 Å². The number of nitrogens with one attached hydrogen (secondary N) is 2. The van der Waals surface area contributed by atoms with Crippen LogP contribution in [-0.4, -0.2) is 16.2 Å². The number of hydrogen-bond donors (Lipinski definition) is 3. The molecule has 0 bridgehead atoms. The Bertz CT molecular complexity index is 776. The van der Waals surface area contributed by atoms with E-state index in [-0.39, 0.29) is 12.3 Å². The molecule has 0 amide bonds. The van der Waals surface area contributed by atoms with Crippen LogP contribution in [0.3, 0.4) is 0 Å². The summed E-state index contributed by atoms with van der Waals surface area (Å²) in [5.74, 6) is 5.65. The molecule has 6 nitrogen and oxygen atoms in total. The van der Waals surface area contributed by atoms with E-state index < -0.39 is 17.3 Å². The quantitative estimate of drug-likeness (QED) is 0.436. The van der Waals surface area contributed by atoms with E-state index in [0.29, 0.717) is 11.5 Å². The second-order valence-electron chi connectivity index (χ2n) is 6.27. The number of nitrogens with two attached hydrogens (primary N) is 1. The van der Waals surface area contributed by atoms with Crippen LogP contribution >= 0.6 is 0 Å². The number of nitrogens with zero attached hydrogens (tertiary/aromatic N) is 2. The minimum atomic E-state index is -4.36. The van der Waals surface area contributed by atoms with Gasteiger partial charge in [-0.15, -0.1) is 0 Å². The van der Waals surface area contributed by atoms with Gasteiger partial charge in [0.15, 0.2) is 6.23 Å². The highest BCUT2D eigenvalue weighted by molar-refractivity contribution is 5.44. The lowest BCUT2D eigenvalue weighted by Crippen LogP contribution is -2.25. The number of hydrogen-bond acceptors (Lipinski definition) is 6. The average molecular weight is 351 g/mol. The van der Waals surface area contributed by atoms with Crippen molar-refractivity contribution < 1.29 is 17.9 Å². The number of aromatic nitrogens is 2. The maximum absolute atomic E-state index is 12.9. The fourth-order valence-electron chi connectivity index (χ4n) is 2.86. The number of benzene rings is 1. The molecule has 1 saturated heterocycles. The van der Waals surface area contributed by atoms with Crippen LogP contribution < -0.4 is 16.6 Å². The normalized spacial score (nSPS) is 24.0. The predicted octanol–water partition coefficient (Wildman–Crippen LogP) is 2.46. The average Bonchev–Trinajstić information content (AvgIpc) is 3.50. The molecule has 1 aromatic heterocycles. The third-order valence-electron chi connectivity index (χ3n) is 4.50. The standard InChI is InChI=1S/C16H16F3N5O/c17-16(18,19)11-3-1-2-10(6-11)15(4-5-15)23-14-21-7-9(8-22-14)12-13(24-20)25-12/h1-3,6-8,12-13,24H,4-5,20H2,(H,21,22,23). The third kappa shape index (κ3) is 3.17. The Kier molecular flexibility index (Phi) is 3.67. The maximum Gasteiger partial charge on any atom is 0.416 e. The van der Waals surface area contributed by atoms with Crippen molar-refractivity contribution >= 4 is 5.95 Å². The van der Waals surface area contributed by atoms with Crippen molar-refractivity contribution in [3.8, 4) is 0 Å². The van der Waals surface area contributed by atoms with Crippen molar-refractivity contribution in [3.05, 3.63) is 53.3 Å². The van der Waals surface area contributed by atoms with E-state index in [0.717, 1.165) is 24.5 Å². The zero-order chi connectivity index (χ0) is 17.7. The third-order valence-corrected chi connectivity index (χ3v) is 4.50. The molecule has 4 N–H and O–H groups in total. The molecule has 2 heterocycles. The predicted molar refractivity (Wildman–Crippen MR) is 82.9 cm³/mol. The Hall–Kier alpha value is -2.23. The van der Waals surface area contributed by atoms with E-state index in [4.69, 9.17) is 10.6 Å². The van der Waals surface area contributed by atoms with E-state index in [1.807, 2.05) is 0 Å². The number of epoxide rings is 1. The number of halogens is 3. The van der Waals surface area contributed by atoms with Crippen LogP contribution in [0.1, 0.15) is 35.6 Å². The molecule has 2 unspecified atom stereocenters. The summed E-state index contributed by atoms with van der Waals surface area (Å²) in [7, 11) is 0. The molecule has 0 spiro atoms. The zero-order valence-corrected chi connectivity index (χ0v) is 13.0.